The molecule has 7 heteroatoms. The van der Waals surface area contributed by atoms with Gasteiger partial charge in [-0.25, -0.2) is 9.37 Å². The number of aliphatic carboxylic acids is 1. The van der Waals surface area contributed by atoms with Crippen molar-refractivity contribution in [2.45, 2.75) is 50.5 Å². The van der Waals surface area contributed by atoms with Crippen LogP contribution in [0.4, 0.5) is 10.2 Å². The number of fused-ring (bicyclic) bond motifs is 3. The molecule has 25 heavy (non-hydrogen) atoms. The van der Waals surface area contributed by atoms with E-state index in [1.54, 1.807) is 0 Å². The van der Waals surface area contributed by atoms with Gasteiger partial charge in [0.05, 0.1) is 11.5 Å². The van der Waals surface area contributed by atoms with Crippen molar-refractivity contribution in [1.82, 2.24) is 4.98 Å². The topological polar surface area (TPSA) is 86.0 Å². The van der Waals surface area contributed by atoms with Gasteiger partial charge in [0.25, 0.3) is 0 Å². The lowest BCUT2D eigenvalue weighted by molar-refractivity contribution is -0.148. The summed E-state index contributed by atoms with van der Waals surface area (Å²) in [6.45, 7) is 0. The molecular formula is C18H19ClFN3O2. The molecule has 0 aromatic carbocycles. The molecule has 132 valence electrons. The van der Waals surface area contributed by atoms with Gasteiger partial charge in [0.1, 0.15) is 11.2 Å². The minimum Gasteiger partial charge on any atom is -0.481 e. The molecule has 2 unspecified atom stereocenters. The van der Waals surface area contributed by atoms with Gasteiger partial charge >= 0.3 is 5.97 Å². The van der Waals surface area contributed by atoms with Crippen molar-refractivity contribution >= 4 is 23.4 Å². The maximum Gasteiger partial charge on any atom is 0.308 e. The minimum absolute atomic E-state index is 0.00491. The highest BCUT2D eigenvalue weighted by atomic mass is 35.5. The van der Waals surface area contributed by atoms with Crippen LogP contribution < -0.4 is 5.32 Å². The van der Waals surface area contributed by atoms with Gasteiger partial charge in [0.2, 0.25) is 0 Å². The molecule has 0 spiro atoms. The molecule has 1 aromatic heterocycles. The van der Waals surface area contributed by atoms with E-state index < -0.39 is 17.7 Å². The molecular weight excluding hydrogens is 345 g/mol. The van der Waals surface area contributed by atoms with Crippen molar-refractivity contribution in [3.8, 4) is 6.07 Å². The van der Waals surface area contributed by atoms with Gasteiger partial charge in [-0.3, -0.25) is 4.79 Å². The zero-order valence-electron chi connectivity index (χ0n) is 13.6. The third kappa shape index (κ3) is 2.75. The first-order valence-corrected chi connectivity index (χ1v) is 9.17. The largest absolute Gasteiger partial charge is 0.481 e. The molecule has 5 rings (SSSR count). The Bertz CT molecular complexity index is 767. The third-order valence-corrected chi connectivity index (χ3v) is 6.31. The Morgan fingerprint density at radius 2 is 1.88 bits per heavy atom. The molecule has 0 saturated heterocycles. The minimum atomic E-state index is -0.838. The van der Waals surface area contributed by atoms with Crippen molar-refractivity contribution in [2.24, 2.45) is 17.8 Å². The summed E-state index contributed by atoms with van der Waals surface area (Å²) in [5, 5.41) is 22.0. The fourth-order valence-corrected chi connectivity index (χ4v) is 4.91. The normalized spacial score (nSPS) is 30.8. The molecule has 4 saturated carbocycles. The predicted molar refractivity (Wildman–Crippen MR) is 89.9 cm³/mol. The maximum atomic E-state index is 15.0. The first-order valence-electron chi connectivity index (χ1n) is 8.79. The highest BCUT2D eigenvalue weighted by Crippen LogP contribution is 2.48. The van der Waals surface area contributed by atoms with E-state index in [0.717, 1.165) is 38.5 Å². The summed E-state index contributed by atoms with van der Waals surface area (Å²) in [7, 11) is 0. The van der Waals surface area contributed by atoms with Crippen molar-refractivity contribution in [3.05, 3.63) is 22.1 Å². The number of hydrogen-bond donors (Lipinski definition) is 2. The van der Waals surface area contributed by atoms with E-state index in [1.165, 1.54) is 0 Å². The summed E-state index contributed by atoms with van der Waals surface area (Å²) >= 11 is 6.12. The standard InChI is InChI=1S/C18H19ClFN3O2/c19-16-11(7-21)12(8-1-2-8)14(20)17(23-16)22-15-10-5-3-9(4-6-10)13(15)18(24)25/h8-10,13,15H,1-6H2,(H,22,23)(H,24,25). The second-order valence-corrected chi connectivity index (χ2v) is 7.81. The molecule has 4 aliphatic carbocycles. The van der Waals surface area contributed by atoms with Gasteiger partial charge < -0.3 is 10.4 Å². The number of carboxylic acids is 1. The van der Waals surface area contributed by atoms with Gasteiger partial charge in [-0.15, -0.1) is 0 Å². The zero-order valence-corrected chi connectivity index (χ0v) is 14.4. The quantitative estimate of drug-likeness (QED) is 0.792. The number of rotatable bonds is 4. The van der Waals surface area contributed by atoms with Crippen molar-refractivity contribution in [3.63, 3.8) is 0 Å². The van der Waals surface area contributed by atoms with Crippen LogP contribution in [-0.2, 0) is 4.79 Å². The van der Waals surface area contributed by atoms with Crippen LogP contribution in [0.1, 0.15) is 55.6 Å². The number of halogens is 2. The Morgan fingerprint density at radius 3 is 2.44 bits per heavy atom. The molecule has 2 bridgehead atoms. The first-order chi connectivity index (χ1) is 12.0. The van der Waals surface area contributed by atoms with E-state index in [9.17, 15) is 15.2 Å². The van der Waals surface area contributed by atoms with Crippen LogP contribution in [0.15, 0.2) is 0 Å². The second-order valence-electron chi connectivity index (χ2n) is 7.45. The highest BCUT2D eigenvalue weighted by Gasteiger charge is 2.48. The van der Waals surface area contributed by atoms with E-state index in [-0.39, 0.29) is 40.3 Å². The van der Waals surface area contributed by atoms with Gasteiger partial charge in [0.15, 0.2) is 11.6 Å². The molecule has 0 aliphatic heterocycles. The third-order valence-electron chi connectivity index (χ3n) is 6.04. The summed E-state index contributed by atoms with van der Waals surface area (Å²) in [4.78, 5) is 15.8. The summed E-state index contributed by atoms with van der Waals surface area (Å²) in [5.74, 6) is -1.59. The lowest BCUT2D eigenvalue weighted by Crippen LogP contribution is -2.51. The van der Waals surface area contributed by atoms with Gasteiger partial charge in [-0.05, 0) is 56.3 Å². The van der Waals surface area contributed by atoms with Gasteiger partial charge in [-0.1, -0.05) is 11.6 Å². The predicted octanol–water partition coefficient (Wildman–Crippen LogP) is 3.92. The number of nitrogens with one attached hydrogen (secondary N) is 1. The SMILES string of the molecule is N#Cc1c(Cl)nc(NC2C3CCC(CC3)C2C(=O)O)c(F)c1C1CC1. The molecule has 2 N–H and O–H groups in total. The first kappa shape index (κ1) is 16.6. The van der Waals surface area contributed by atoms with Crippen molar-refractivity contribution in [1.29, 1.82) is 5.26 Å². The number of pyridine rings is 1. The van der Waals surface area contributed by atoms with Crippen LogP contribution in [0.2, 0.25) is 5.15 Å². The molecule has 0 radical (unpaired) electrons. The van der Waals surface area contributed by atoms with Crippen LogP contribution in [-0.4, -0.2) is 22.1 Å². The Kier molecular flexibility index (Phi) is 4.07. The van der Waals surface area contributed by atoms with E-state index in [4.69, 9.17) is 11.6 Å². The summed E-state index contributed by atoms with van der Waals surface area (Å²) < 4.78 is 15.0. The van der Waals surface area contributed by atoms with Gasteiger partial charge in [-0.2, -0.15) is 5.26 Å². The summed E-state index contributed by atoms with van der Waals surface area (Å²) in [6.07, 6.45) is 5.39. The fraction of sp³-hybridized carbons (Fsp3) is 0.611. The Labute approximate surface area is 150 Å². The Balaban J connectivity index is 1.71. The monoisotopic (exact) mass is 363 g/mol. The van der Waals surface area contributed by atoms with Crippen LogP contribution in [0.5, 0.6) is 0 Å². The molecule has 2 atom stereocenters. The molecule has 4 aliphatic rings. The molecule has 4 fully saturated rings. The number of carbonyl (C=O) groups is 1. The Hall–Kier alpha value is -1.87. The number of carboxylic acid groups (broad SMARTS) is 1. The lowest BCUT2D eigenvalue weighted by Gasteiger charge is -2.47. The number of hydrogen-bond acceptors (Lipinski definition) is 4. The van der Waals surface area contributed by atoms with Crippen LogP contribution in [0.3, 0.4) is 0 Å². The average molecular weight is 364 g/mol. The van der Waals surface area contributed by atoms with E-state index in [0.29, 0.717) is 5.56 Å². The van der Waals surface area contributed by atoms with E-state index in [2.05, 4.69) is 10.3 Å². The summed E-state index contributed by atoms with van der Waals surface area (Å²) in [6, 6.07) is 1.61. The van der Waals surface area contributed by atoms with Crippen molar-refractivity contribution < 1.29 is 14.3 Å². The maximum absolute atomic E-state index is 15.0. The van der Waals surface area contributed by atoms with Crippen molar-refractivity contribution in [2.75, 3.05) is 5.32 Å². The molecule has 0 amide bonds. The molecule has 5 nitrogen and oxygen atoms in total. The van der Waals surface area contributed by atoms with E-state index >= 15 is 4.39 Å². The van der Waals surface area contributed by atoms with E-state index in [1.807, 2.05) is 6.07 Å². The molecule has 1 heterocycles. The van der Waals surface area contributed by atoms with Crippen LogP contribution in [0, 0.1) is 34.9 Å². The second kappa shape index (κ2) is 6.14. The highest BCUT2D eigenvalue weighted by molar-refractivity contribution is 6.30. The molecule has 1 aromatic rings. The number of nitrogens with zero attached hydrogens (tertiary/aromatic N) is 2. The van der Waals surface area contributed by atoms with Gasteiger partial charge in [0, 0.05) is 11.6 Å². The number of nitriles is 1. The van der Waals surface area contributed by atoms with Crippen LogP contribution >= 0.6 is 11.6 Å². The number of aromatic nitrogens is 1. The Morgan fingerprint density at radius 1 is 1.24 bits per heavy atom. The average Bonchev–Trinajstić information content (AvgIpc) is 3.42. The van der Waals surface area contributed by atoms with Crippen LogP contribution in [0.25, 0.3) is 0 Å². The zero-order chi connectivity index (χ0) is 17.7. The smallest absolute Gasteiger partial charge is 0.308 e. The lowest BCUT2D eigenvalue weighted by atomic mass is 9.61. The number of anilines is 1. The summed E-state index contributed by atoms with van der Waals surface area (Å²) in [5.41, 5.74) is 0.435. The fourth-order valence-electron chi connectivity index (χ4n) is 4.68.